The molecule has 0 aromatic heterocycles. The lowest BCUT2D eigenvalue weighted by atomic mass is 9.97. The molecule has 2 amide bonds. The number of benzene rings is 1. The zero-order chi connectivity index (χ0) is 20.9. The van der Waals surface area contributed by atoms with E-state index in [2.05, 4.69) is 10.6 Å². The molecule has 0 aliphatic heterocycles. The van der Waals surface area contributed by atoms with Gasteiger partial charge in [-0.05, 0) is 25.3 Å². The number of hydrogen-bond donors (Lipinski definition) is 3. The molecule has 1 aromatic carbocycles. The molecule has 1 aromatic rings. The molecule has 29 heavy (non-hydrogen) atoms. The van der Waals surface area contributed by atoms with E-state index in [9.17, 15) is 14.7 Å². The van der Waals surface area contributed by atoms with Crippen molar-refractivity contribution in [2.75, 3.05) is 6.61 Å². The van der Waals surface area contributed by atoms with Gasteiger partial charge >= 0.3 is 0 Å². The van der Waals surface area contributed by atoms with Crippen LogP contribution < -0.4 is 10.6 Å². The van der Waals surface area contributed by atoms with E-state index >= 15 is 0 Å². The number of carbonyl (C=O) groups excluding carboxylic acids is 2. The molecule has 1 aliphatic carbocycles. The maximum atomic E-state index is 12.7. The standard InChI is InChI=1S/C24H38N2O3/c1-19(20-14-10-9-11-15-20)23(28)26-22(18-27)24(29)25-21-16-12-7-5-3-2-4-6-8-13-17-21/h9-11,14-15,19,21-22,27H,2-8,12-13,16-18H2,1H3,(H,25,29)(H,26,28)/t19?,22-/m0/s1. The van der Waals surface area contributed by atoms with Crippen molar-refractivity contribution in [1.82, 2.24) is 10.6 Å². The number of rotatable bonds is 6. The molecule has 2 atom stereocenters. The lowest BCUT2D eigenvalue weighted by molar-refractivity contribution is -0.131. The number of nitrogens with one attached hydrogen (secondary N) is 2. The topological polar surface area (TPSA) is 78.4 Å². The number of amides is 2. The van der Waals surface area contributed by atoms with Gasteiger partial charge in [0.05, 0.1) is 12.5 Å². The summed E-state index contributed by atoms with van der Waals surface area (Å²) >= 11 is 0. The predicted molar refractivity (Wildman–Crippen MR) is 117 cm³/mol. The molecule has 162 valence electrons. The van der Waals surface area contributed by atoms with E-state index in [1.165, 1.54) is 44.9 Å². The molecular weight excluding hydrogens is 364 g/mol. The maximum absolute atomic E-state index is 12.7. The minimum Gasteiger partial charge on any atom is -0.394 e. The fourth-order valence-electron chi connectivity index (χ4n) is 3.99. The summed E-state index contributed by atoms with van der Waals surface area (Å²) in [7, 11) is 0. The van der Waals surface area contributed by atoms with E-state index in [1.807, 2.05) is 37.3 Å². The highest BCUT2D eigenvalue weighted by Crippen LogP contribution is 2.17. The van der Waals surface area contributed by atoms with Crippen LogP contribution in [0.25, 0.3) is 0 Å². The number of aliphatic hydroxyl groups excluding tert-OH is 1. The van der Waals surface area contributed by atoms with Crippen LogP contribution in [0, 0.1) is 0 Å². The van der Waals surface area contributed by atoms with Crippen LogP contribution in [0.3, 0.4) is 0 Å². The number of carbonyl (C=O) groups is 2. The van der Waals surface area contributed by atoms with E-state index in [0.717, 1.165) is 31.2 Å². The fraction of sp³-hybridized carbons (Fsp3) is 0.667. The molecule has 1 unspecified atom stereocenters. The molecule has 2 rings (SSSR count). The van der Waals surface area contributed by atoms with Gasteiger partial charge in [-0.1, -0.05) is 88.1 Å². The molecule has 0 spiro atoms. The Morgan fingerprint density at radius 2 is 1.41 bits per heavy atom. The van der Waals surface area contributed by atoms with Gasteiger partial charge < -0.3 is 15.7 Å². The van der Waals surface area contributed by atoms with Crippen molar-refractivity contribution in [3.8, 4) is 0 Å². The van der Waals surface area contributed by atoms with Crippen LogP contribution in [-0.4, -0.2) is 35.6 Å². The fourth-order valence-corrected chi connectivity index (χ4v) is 3.99. The molecule has 0 radical (unpaired) electrons. The van der Waals surface area contributed by atoms with Gasteiger partial charge in [-0.2, -0.15) is 0 Å². The molecule has 0 bridgehead atoms. The Hall–Kier alpha value is -1.88. The number of aliphatic hydroxyl groups is 1. The van der Waals surface area contributed by atoms with Gasteiger partial charge in [0.1, 0.15) is 6.04 Å². The predicted octanol–water partition coefficient (Wildman–Crippen LogP) is 4.06. The zero-order valence-electron chi connectivity index (χ0n) is 17.9. The van der Waals surface area contributed by atoms with Gasteiger partial charge in [0, 0.05) is 6.04 Å². The smallest absolute Gasteiger partial charge is 0.245 e. The van der Waals surface area contributed by atoms with Crippen molar-refractivity contribution >= 4 is 11.8 Å². The van der Waals surface area contributed by atoms with Gasteiger partial charge in [-0.3, -0.25) is 9.59 Å². The maximum Gasteiger partial charge on any atom is 0.245 e. The minimum absolute atomic E-state index is 0.124. The van der Waals surface area contributed by atoms with Crippen molar-refractivity contribution in [3.63, 3.8) is 0 Å². The van der Waals surface area contributed by atoms with Crippen LogP contribution >= 0.6 is 0 Å². The highest BCUT2D eigenvalue weighted by Gasteiger charge is 2.25. The number of hydrogen-bond acceptors (Lipinski definition) is 3. The molecule has 0 heterocycles. The first-order chi connectivity index (χ1) is 14.1. The summed E-state index contributed by atoms with van der Waals surface area (Å²) < 4.78 is 0. The van der Waals surface area contributed by atoms with Crippen molar-refractivity contribution in [2.24, 2.45) is 0 Å². The Bertz CT molecular complexity index is 593. The zero-order valence-corrected chi connectivity index (χ0v) is 17.9. The molecule has 1 fully saturated rings. The van der Waals surface area contributed by atoms with Gasteiger partial charge in [0.25, 0.3) is 0 Å². The van der Waals surface area contributed by atoms with Crippen molar-refractivity contribution in [2.45, 2.75) is 95.6 Å². The molecule has 3 N–H and O–H groups in total. The highest BCUT2D eigenvalue weighted by molar-refractivity contribution is 5.90. The van der Waals surface area contributed by atoms with Crippen molar-refractivity contribution < 1.29 is 14.7 Å². The summed E-state index contributed by atoms with van der Waals surface area (Å²) in [5, 5.41) is 15.5. The highest BCUT2D eigenvalue weighted by atomic mass is 16.3. The summed E-state index contributed by atoms with van der Waals surface area (Å²) in [5.41, 5.74) is 0.890. The van der Waals surface area contributed by atoms with E-state index in [4.69, 9.17) is 0 Å². The Morgan fingerprint density at radius 3 is 1.93 bits per heavy atom. The minimum atomic E-state index is -0.907. The first-order valence-corrected chi connectivity index (χ1v) is 11.4. The van der Waals surface area contributed by atoms with E-state index in [-0.39, 0.29) is 23.8 Å². The second kappa shape index (κ2) is 13.4. The summed E-state index contributed by atoms with van der Waals surface area (Å²) in [5.74, 6) is -0.901. The van der Waals surface area contributed by atoms with Crippen LogP contribution in [-0.2, 0) is 9.59 Å². The van der Waals surface area contributed by atoms with Crippen molar-refractivity contribution in [3.05, 3.63) is 35.9 Å². The average molecular weight is 403 g/mol. The molecule has 5 nitrogen and oxygen atoms in total. The molecule has 1 aliphatic rings. The van der Waals surface area contributed by atoms with E-state index in [0.29, 0.717) is 0 Å². The van der Waals surface area contributed by atoms with Gasteiger partial charge in [0.2, 0.25) is 11.8 Å². The van der Waals surface area contributed by atoms with Crippen LogP contribution in [0.2, 0.25) is 0 Å². The quantitative estimate of drug-likeness (QED) is 0.671. The SMILES string of the molecule is CC(C(=O)N[C@@H](CO)C(=O)NC1CCCCCCCCCCC1)c1ccccc1. The second-order valence-electron chi connectivity index (χ2n) is 8.34. The molecular formula is C24H38N2O3. The van der Waals surface area contributed by atoms with Crippen LogP contribution in [0.1, 0.15) is 89.0 Å². The van der Waals surface area contributed by atoms with Crippen LogP contribution in [0.4, 0.5) is 0 Å². The third-order valence-electron chi connectivity index (χ3n) is 5.96. The molecule has 0 saturated heterocycles. The third-order valence-corrected chi connectivity index (χ3v) is 5.96. The Kier molecular flexibility index (Phi) is 10.8. The van der Waals surface area contributed by atoms with Gasteiger partial charge in [-0.25, -0.2) is 0 Å². The summed E-state index contributed by atoms with van der Waals surface area (Å²) in [6.45, 7) is 1.41. The monoisotopic (exact) mass is 402 g/mol. The van der Waals surface area contributed by atoms with Crippen LogP contribution in [0.15, 0.2) is 30.3 Å². The largest absolute Gasteiger partial charge is 0.394 e. The van der Waals surface area contributed by atoms with E-state index < -0.39 is 12.6 Å². The molecule has 5 heteroatoms. The lowest BCUT2D eigenvalue weighted by Crippen LogP contribution is -2.52. The lowest BCUT2D eigenvalue weighted by Gasteiger charge is -2.24. The summed E-state index contributed by atoms with van der Waals surface area (Å²) in [6.07, 6.45) is 13.1. The van der Waals surface area contributed by atoms with Gasteiger partial charge in [-0.15, -0.1) is 0 Å². The Balaban J connectivity index is 1.88. The Morgan fingerprint density at radius 1 is 0.897 bits per heavy atom. The second-order valence-corrected chi connectivity index (χ2v) is 8.34. The van der Waals surface area contributed by atoms with Crippen LogP contribution in [0.5, 0.6) is 0 Å². The van der Waals surface area contributed by atoms with Crippen molar-refractivity contribution in [1.29, 1.82) is 0 Å². The van der Waals surface area contributed by atoms with E-state index in [1.54, 1.807) is 0 Å². The molecule has 1 saturated carbocycles. The normalized spacial score (nSPS) is 19.2. The summed E-state index contributed by atoms with van der Waals surface area (Å²) in [6, 6.07) is 8.68. The first-order valence-electron chi connectivity index (χ1n) is 11.4. The first kappa shape index (κ1) is 23.4. The third kappa shape index (κ3) is 8.57. The van der Waals surface area contributed by atoms with Gasteiger partial charge in [0.15, 0.2) is 0 Å². The average Bonchev–Trinajstić information content (AvgIpc) is 2.73. The Labute approximate surface area is 175 Å². The summed E-state index contributed by atoms with van der Waals surface area (Å²) in [4.78, 5) is 25.3.